The molecule has 3 unspecified atom stereocenters. The van der Waals surface area contributed by atoms with Crippen molar-refractivity contribution in [2.24, 2.45) is 5.92 Å². The van der Waals surface area contributed by atoms with E-state index in [0.717, 1.165) is 31.4 Å². The predicted molar refractivity (Wildman–Crippen MR) is 108 cm³/mol. The number of carbonyl (C=O) groups is 2. The van der Waals surface area contributed by atoms with E-state index in [4.69, 9.17) is 0 Å². The number of hydrogen-bond acceptors (Lipinski definition) is 3. The van der Waals surface area contributed by atoms with Crippen molar-refractivity contribution in [3.05, 3.63) is 35.4 Å². The fourth-order valence-corrected chi connectivity index (χ4v) is 4.30. The molecule has 2 amide bonds. The fourth-order valence-electron chi connectivity index (χ4n) is 4.30. The number of piperazine rings is 1. The number of carbonyl (C=O) groups excluding carboxylic acids is 2. The Labute approximate surface area is 175 Å². The SMILES string of the molecule is CC1CCCCC1NC(=O)C(C)N1CCN(C(=O)c2ccc(C(F)(F)F)cc2)CC1. The summed E-state index contributed by atoms with van der Waals surface area (Å²) in [4.78, 5) is 29.0. The molecule has 1 saturated heterocycles. The lowest BCUT2D eigenvalue weighted by Crippen LogP contribution is -2.56. The van der Waals surface area contributed by atoms with Gasteiger partial charge in [0.1, 0.15) is 0 Å². The van der Waals surface area contributed by atoms with Crippen molar-refractivity contribution in [3.63, 3.8) is 0 Å². The van der Waals surface area contributed by atoms with E-state index < -0.39 is 11.7 Å². The van der Waals surface area contributed by atoms with Crippen molar-refractivity contribution in [1.29, 1.82) is 0 Å². The van der Waals surface area contributed by atoms with Crippen LogP contribution in [0, 0.1) is 5.92 Å². The van der Waals surface area contributed by atoms with Gasteiger partial charge in [0.15, 0.2) is 0 Å². The monoisotopic (exact) mass is 425 g/mol. The standard InChI is InChI=1S/C22H30F3N3O2/c1-15-5-3-4-6-19(15)26-20(29)16(2)27-11-13-28(14-12-27)21(30)17-7-9-18(10-8-17)22(23,24)25/h7-10,15-16,19H,3-6,11-14H2,1-2H3,(H,26,29). The molecule has 1 aromatic rings. The molecule has 5 nitrogen and oxygen atoms in total. The number of rotatable bonds is 4. The van der Waals surface area contributed by atoms with E-state index >= 15 is 0 Å². The van der Waals surface area contributed by atoms with Gasteiger partial charge in [-0.2, -0.15) is 13.2 Å². The van der Waals surface area contributed by atoms with Gasteiger partial charge in [0.25, 0.3) is 5.91 Å². The maximum absolute atomic E-state index is 12.7. The third kappa shape index (κ3) is 5.33. The largest absolute Gasteiger partial charge is 0.416 e. The van der Waals surface area contributed by atoms with Gasteiger partial charge >= 0.3 is 6.18 Å². The fraction of sp³-hybridized carbons (Fsp3) is 0.636. The molecule has 1 aliphatic heterocycles. The Kier molecular flexibility index (Phi) is 7.06. The second-order valence-electron chi connectivity index (χ2n) is 8.46. The number of nitrogens with one attached hydrogen (secondary N) is 1. The van der Waals surface area contributed by atoms with Crippen LogP contribution in [0.25, 0.3) is 0 Å². The number of nitrogens with zero attached hydrogens (tertiary/aromatic N) is 2. The first-order valence-corrected chi connectivity index (χ1v) is 10.7. The summed E-state index contributed by atoms with van der Waals surface area (Å²) in [6.45, 7) is 6.06. The number of halogens is 3. The highest BCUT2D eigenvalue weighted by Crippen LogP contribution is 2.29. The summed E-state index contributed by atoms with van der Waals surface area (Å²) in [5.74, 6) is 0.237. The Morgan fingerprint density at radius 2 is 1.63 bits per heavy atom. The first kappa shape index (κ1) is 22.6. The van der Waals surface area contributed by atoms with Crippen LogP contribution < -0.4 is 5.32 Å². The van der Waals surface area contributed by atoms with Crippen molar-refractivity contribution in [2.45, 2.75) is 57.8 Å². The lowest BCUT2D eigenvalue weighted by Gasteiger charge is -2.38. The number of hydrogen-bond donors (Lipinski definition) is 1. The Morgan fingerprint density at radius 3 is 2.20 bits per heavy atom. The van der Waals surface area contributed by atoms with Crippen molar-refractivity contribution < 1.29 is 22.8 Å². The summed E-state index contributed by atoms with van der Waals surface area (Å²) in [6, 6.07) is 4.26. The third-order valence-electron chi connectivity index (χ3n) is 6.43. The van der Waals surface area contributed by atoms with Crippen LogP contribution in [0.2, 0.25) is 0 Å². The molecule has 1 aliphatic carbocycles. The Morgan fingerprint density at radius 1 is 1.03 bits per heavy atom. The summed E-state index contributed by atoms with van der Waals surface area (Å²) < 4.78 is 38.1. The molecule has 1 heterocycles. The van der Waals surface area contributed by atoms with Crippen LogP contribution in [0.4, 0.5) is 13.2 Å². The van der Waals surface area contributed by atoms with Gasteiger partial charge in [-0.1, -0.05) is 19.8 Å². The minimum atomic E-state index is -4.42. The van der Waals surface area contributed by atoms with Gasteiger partial charge in [-0.3, -0.25) is 14.5 Å². The van der Waals surface area contributed by atoms with Gasteiger partial charge in [0.05, 0.1) is 11.6 Å². The predicted octanol–water partition coefficient (Wildman–Crippen LogP) is 3.55. The van der Waals surface area contributed by atoms with Crippen LogP contribution in [0.3, 0.4) is 0 Å². The Bertz CT molecular complexity index is 743. The van der Waals surface area contributed by atoms with Crippen molar-refractivity contribution >= 4 is 11.8 Å². The average Bonchev–Trinajstić information content (AvgIpc) is 2.74. The van der Waals surface area contributed by atoms with Crippen LogP contribution >= 0.6 is 0 Å². The summed E-state index contributed by atoms with van der Waals surface area (Å²) in [6.07, 6.45) is 0.116. The highest BCUT2D eigenvalue weighted by Gasteiger charge is 2.32. The molecule has 0 radical (unpaired) electrons. The Hall–Kier alpha value is -2.09. The van der Waals surface area contributed by atoms with E-state index in [9.17, 15) is 22.8 Å². The molecule has 0 bridgehead atoms. The summed E-state index contributed by atoms with van der Waals surface area (Å²) in [5, 5.41) is 3.19. The molecule has 1 N–H and O–H groups in total. The molecule has 0 aromatic heterocycles. The molecule has 166 valence electrons. The normalized spacial score (nSPS) is 24.4. The van der Waals surface area contributed by atoms with Gasteiger partial charge in [-0.25, -0.2) is 0 Å². The van der Waals surface area contributed by atoms with Crippen LogP contribution in [0.15, 0.2) is 24.3 Å². The van der Waals surface area contributed by atoms with Crippen LogP contribution in [-0.2, 0) is 11.0 Å². The molecule has 3 rings (SSSR count). The van der Waals surface area contributed by atoms with Crippen LogP contribution in [0.5, 0.6) is 0 Å². The molecule has 30 heavy (non-hydrogen) atoms. The quantitative estimate of drug-likeness (QED) is 0.803. The number of amides is 2. The van der Waals surface area contributed by atoms with E-state index in [1.807, 2.05) is 6.92 Å². The second-order valence-corrected chi connectivity index (χ2v) is 8.46. The van der Waals surface area contributed by atoms with Crippen molar-refractivity contribution in [3.8, 4) is 0 Å². The van der Waals surface area contributed by atoms with E-state index in [1.54, 1.807) is 4.90 Å². The molecular formula is C22H30F3N3O2. The maximum atomic E-state index is 12.7. The zero-order chi connectivity index (χ0) is 21.9. The zero-order valence-electron chi connectivity index (χ0n) is 17.5. The average molecular weight is 425 g/mol. The zero-order valence-corrected chi connectivity index (χ0v) is 17.5. The summed E-state index contributed by atoms with van der Waals surface area (Å²) >= 11 is 0. The number of benzene rings is 1. The highest BCUT2D eigenvalue weighted by molar-refractivity contribution is 5.94. The lowest BCUT2D eigenvalue weighted by atomic mass is 9.86. The highest BCUT2D eigenvalue weighted by atomic mass is 19.4. The smallest absolute Gasteiger partial charge is 0.352 e. The second kappa shape index (κ2) is 9.37. The number of alkyl halides is 3. The topological polar surface area (TPSA) is 52.7 Å². The molecule has 1 saturated carbocycles. The molecular weight excluding hydrogens is 395 g/mol. The Balaban J connectivity index is 1.51. The van der Waals surface area contributed by atoms with Gasteiger partial charge < -0.3 is 10.2 Å². The lowest BCUT2D eigenvalue weighted by molar-refractivity contribution is -0.137. The van der Waals surface area contributed by atoms with Gasteiger partial charge in [0.2, 0.25) is 5.91 Å². The van der Waals surface area contributed by atoms with Crippen molar-refractivity contribution in [1.82, 2.24) is 15.1 Å². The minimum Gasteiger partial charge on any atom is -0.352 e. The first-order chi connectivity index (χ1) is 14.2. The summed E-state index contributed by atoms with van der Waals surface area (Å²) in [7, 11) is 0. The molecule has 3 atom stereocenters. The maximum Gasteiger partial charge on any atom is 0.416 e. The molecule has 1 aromatic carbocycles. The van der Waals surface area contributed by atoms with Crippen molar-refractivity contribution in [2.75, 3.05) is 26.2 Å². The molecule has 2 fully saturated rings. The van der Waals surface area contributed by atoms with E-state index in [2.05, 4.69) is 17.1 Å². The van der Waals surface area contributed by atoms with E-state index in [1.165, 1.54) is 18.6 Å². The van der Waals surface area contributed by atoms with Crippen LogP contribution in [0.1, 0.15) is 55.5 Å². The molecule has 0 spiro atoms. The van der Waals surface area contributed by atoms with Gasteiger partial charge in [0, 0.05) is 37.8 Å². The summed E-state index contributed by atoms with van der Waals surface area (Å²) in [5.41, 5.74) is -0.524. The van der Waals surface area contributed by atoms with Gasteiger partial charge in [-0.15, -0.1) is 0 Å². The van der Waals surface area contributed by atoms with E-state index in [-0.39, 0.29) is 29.5 Å². The minimum absolute atomic E-state index is 0.0243. The molecule has 8 heteroatoms. The first-order valence-electron chi connectivity index (χ1n) is 10.7. The van der Waals surface area contributed by atoms with Gasteiger partial charge in [-0.05, 0) is 49.9 Å². The van der Waals surface area contributed by atoms with E-state index in [0.29, 0.717) is 32.1 Å². The van der Waals surface area contributed by atoms with Crippen LogP contribution in [-0.4, -0.2) is 59.9 Å². The third-order valence-corrected chi connectivity index (χ3v) is 6.43. The molecule has 2 aliphatic rings.